The summed E-state index contributed by atoms with van der Waals surface area (Å²) in [6.45, 7) is 6.34. The van der Waals surface area contributed by atoms with Crippen LogP contribution in [0.15, 0.2) is 24.0 Å². The number of esters is 6. The SMILES string of the molecule is CC(=O)OCC1=C[C@@H](OC(C)=O)[C@@H]2C=CO[C@H](O[C@@H]3O[C@@H](COC(C)=O)[C@H](OC(C)=O)[C@H](OC(C)=O)[C@@H]3OC(C)=O)[C@@H]12. The van der Waals surface area contributed by atoms with Crippen molar-refractivity contribution in [2.75, 3.05) is 13.2 Å². The van der Waals surface area contributed by atoms with E-state index in [1.807, 2.05) is 0 Å². The van der Waals surface area contributed by atoms with E-state index in [1.165, 1.54) is 20.1 Å². The second kappa shape index (κ2) is 14.3. The van der Waals surface area contributed by atoms with Crippen LogP contribution in [0.5, 0.6) is 0 Å². The first-order valence-electron chi connectivity index (χ1n) is 13.1. The standard InChI is InChI=1S/C27H34O15/c1-12(28)35-10-18-9-20(37-14(3)30)19-7-8-34-26(22(18)19)42-27-25(40-17(6)33)24(39-16(5)32)23(38-15(4)31)21(41-27)11-36-13(2)29/h7-9,19-27H,10-11H2,1-6H3/t19-,20+,21-,22-,23-,24-,25-,26+,27-/m0/s1. The second-order valence-corrected chi connectivity index (χ2v) is 9.74. The average Bonchev–Trinajstić information content (AvgIpc) is 3.22. The topological polar surface area (TPSA) is 185 Å². The van der Waals surface area contributed by atoms with Crippen LogP contribution in [0.1, 0.15) is 41.5 Å². The minimum atomic E-state index is -1.52. The zero-order chi connectivity index (χ0) is 31.1. The number of hydrogen-bond donors (Lipinski definition) is 0. The molecule has 2 heterocycles. The van der Waals surface area contributed by atoms with Crippen LogP contribution in [-0.2, 0) is 71.4 Å². The first-order valence-corrected chi connectivity index (χ1v) is 13.1. The van der Waals surface area contributed by atoms with Crippen LogP contribution in [0.4, 0.5) is 0 Å². The van der Waals surface area contributed by atoms with Crippen molar-refractivity contribution in [3.63, 3.8) is 0 Å². The molecule has 42 heavy (non-hydrogen) atoms. The maximum Gasteiger partial charge on any atom is 0.303 e. The third-order valence-electron chi connectivity index (χ3n) is 6.37. The van der Waals surface area contributed by atoms with E-state index in [4.69, 9.17) is 42.6 Å². The highest BCUT2D eigenvalue weighted by atomic mass is 16.8. The summed E-state index contributed by atoms with van der Waals surface area (Å²) in [6.07, 6.45) is -4.37. The van der Waals surface area contributed by atoms with Crippen molar-refractivity contribution in [2.45, 2.75) is 84.6 Å². The smallest absolute Gasteiger partial charge is 0.303 e. The summed E-state index contributed by atoms with van der Waals surface area (Å²) in [6, 6.07) is 0. The monoisotopic (exact) mass is 598 g/mol. The van der Waals surface area contributed by atoms with Crippen LogP contribution in [0.2, 0.25) is 0 Å². The first-order chi connectivity index (χ1) is 19.8. The zero-order valence-electron chi connectivity index (χ0n) is 24.0. The number of fused-ring (bicyclic) bond motifs is 1. The van der Waals surface area contributed by atoms with Crippen molar-refractivity contribution in [3.8, 4) is 0 Å². The second-order valence-electron chi connectivity index (χ2n) is 9.74. The van der Waals surface area contributed by atoms with Gasteiger partial charge in [-0.3, -0.25) is 28.8 Å². The molecule has 0 saturated carbocycles. The molecular formula is C27H34O15. The number of ether oxygens (including phenoxy) is 9. The van der Waals surface area contributed by atoms with E-state index in [9.17, 15) is 28.8 Å². The molecule has 15 heteroatoms. The Bertz CT molecular complexity index is 1130. The fraction of sp³-hybridized carbons (Fsp3) is 0.630. The van der Waals surface area contributed by atoms with E-state index < -0.39 is 97.4 Å². The van der Waals surface area contributed by atoms with Crippen LogP contribution < -0.4 is 0 Å². The molecule has 0 bridgehead atoms. The normalized spacial score (nSPS) is 31.4. The first kappa shape index (κ1) is 32.5. The van der Waals surface area contributed by atoms with Gasteiger partial charge in [0.15, 0.2) is 18.3 Å². The maximum atomic E-state index is 12.1. The summed E-state index contributed by atoms with van der Waals surface area (Å²) in [7, 11) is 0. The molecule has 1 fully saturated rings. The molecule has 0 aromatic rings. The molecule has 1 aliphatic carbocycles. The molecule has 0 aromatic heterocycles. The van der Waals surface area contributed by atoms with E-state index in [0.29, 0.717) is 5.57 Å². The maximum absolute atomic E-state index is 12.1. The number of carbonyl (C=O) groups excluding carboxylic acids is 6. The molecule has 0 spiro atoms. The van der Waals surface area contributed by atoms with E-state index in [1.54, 1.807) is 12.2 Å². The molecule has 1 saturated heterocycles. The Kier molecular flexibility index (Phi) is 11.1. The summed E-state index contributed by atoms with van der Waals surface area (Å²) in [4.78, 5) is 71.1. The summed E-state index contributed by atoms with van der Waals surface area (Å²) in [5.41, 5.74) is 0.515. The predicted molar refractivity (Wildman–Crippen MR) is 134 cm³/mol. The van der Waals surface area contributed by atoms with Gasteiger partial charge in [-0.15, -0.1) is 0 Å². The van der Waals surface area contributed by atoms with Crippen LogP contribution in [0.25, 0.3) is 0 Å². The van der Waals surface area contributed by atoms with Gasteiger partial charge in [0.25, 0.3) is 0 Å². The van der Waals surface area contributed by atoms with Crippen LogP contribution in [0, 0.1) is 11.8 Å². The molecule has 0 amide bonds. The highest BCUT2D eigenvalue weighted by Crippen LogP contribution is 2.43. The summed E-state index contributed by atoms with van der Waals surface area (Å²) in [5.74, 6) is -5.31. The van der Waals surface area contributed by atoms with Crippen molar-refractivity contribution in [2.24, 2.45) is 11.8 Å². The van der Waals surface area contributed by atoms with Gasteiger partial charge in [0.1, 0.15) is 25.4 Å². The zero-order valence-corrected chi connectivity index (χ0v) is 24.0. The summed E-state index contributed by atoms with van der Waals surface area (Å²) >= 11 is 0. The van der Waals surface area contributed by atoms with Gasteiger partial charge in [0.05, 0.1) is 12.2 Å². The van der Waals surface area contributed by atoms with E-state index in [-0.39, 0.29) is 6.61 Å². The highest BCUT2D eigenvalue weighted by Gasteiger charge is 2.55. The molecule has 9 atom stereocenters. The predicted octanol–water partition coefficient (Wildman–Crippen LogP) is 0.623. The molecule has 0 radical (unpaired) electrons. The van der Waals surface area contributed by atoms with Crippen molar-refractivity contribution in [3.05, 3.63) is 24.0 Å². The Morgan fingerprint density at radius 1 is 0.690 bits per heavy atom. The lowest BCUT2D eigenvalue weighted by Gasteiger charge is -2.45. The molecule has 0 N–H and O–H groups in total. The lowest BCUT2D eigenvalue weighted by Crippen LogP contribution is -2.63. The molecule has 232 valence electrons. The Hall–Kier alpha value is -3.98. The fourth-order valence-electron chi connectivity index (χ4n) is 4.95. The minimum Gasteiger partial charge on any atom is -0.472 e. The quantitative estimate of drug-likeness (QED) is 0.193. The van der Waals surface area contributed by atoms with Crippen molar-refractivity contribution < 1.29 is 71.4 Å². The fourth-order valence-corrected chi connectivity index (χ4v) is 4.95. The highest BCUT2D eigenvalue weighted by molar-refractivity contribution is 5.69. The molecule has 3 rings (SSSR count). The van der Waals surface area contributed by atoms with Crippen LogP contribution >= 0.6 is 0 Å². The molecule has 0 aromatic carbocycles. The van der Waals surface area contributed by atoms with Gasteiger partial charge in [-0.1, -0.05) is 0 Å². The minimum absolute atomic E-state index is 0.163. The van der Waals surface area contributed by atoms with Crippen LogP contribution in [0.3, 0.4) is 0 Å². The molecular weight excluding hydrogens is 564 g/mol. The number of rotatable bonds is 10. The lowest BCUT2D eigenvalue weighted by molar-refractivity contribution is -0.342. The van der Waals surface area contributed by atoms with Gasteiger partial charge in [0, 0.05) is 47.5 Å². The summed E-state index contributed by atoms with van der Waals surface area (Å²) in [5, 5.41) is 0. The van der Waals surface area contributed by atoms with Gasteiger partial charge >= 0.3 is 35.8 Å². The Labute approximate surface area is 241 Å². The van der Waals surface area contributed by atoms with Crippen molar-refractivity contribution >= 4 is 35.8 Å². The number of hydrogen-bond acceptors (Lipinski definition) is 15. The van der Waals surface area contributed by atoms with E-state index in [2.05, 4.69) is 0 Å². The van der Waals surface area contributed by atoms with Gasteiger partial charge in [-0.25, -0.2) is 0 Å². The third kappa shape index (κ3) is 8.52. The largest absolute Gasteiger partial charge is 0.472 e. The third-order valence-corrected chi connectivity index (χ3v) is 6.37. The van der Waals surface area contributed by atoms with E-state index in [0.717, 1.165) is 27.7 Å². The molecule has 2 aliphatic heterocycles. The van der Waals surface area contributed by atoms with Crippen molar-refractivity contribution in [1.82, 2.24) is 0 Å². The Morgan fingerprint density at radius 2 is 1.26 bits per heavy atom. The Morgan fingerprint density at radius 3 is 1.83 bits per heavy atom. The van der Waals surface area contributed by atoms with Crippen molar-refractivity contribution in [1.29, 1.82) is 0 Å². The number of carbonyl (C=O) groups is 6. The molecule has 15 nitrogen and oxygen atoms in total. The van der Waals surface area contributed by atoms with Crippen LogP contribution in [-0.4, -0.2) is 92.1 Å². The van der Waals surface area contributed by atoms with Gasteiger partial charge in [0.2, 0.25) is 12.6 Å². The lowest BCUT2D eigenvalue weighted by atomic mass is 9.88. The summed E-state index contributed by atoms with van der Waals surface area (Å²) < 4.78 is 49.9. The van der Waals surface area contributed by atoms with E-state index >= 15 is 0 Å². The van der Waals surface area contributed by atoms with Gasteiger partial charge < -0.3 is 42.6 Å². The average molecular weight is 599 g/mol. The molecule has 0 unspecified atom stereocenters. The van der Waals surface area contributed by atoms with Gasteiger partial charge in [-0.05, 0) is 17.7 Å². The molecule has 3 aliphatic rings. The van der Waals surface area contributed by atoms with Gasteiger partial charge in [-0.2, -0.15) is 0 Å². The Balaban J connectivity index is 1.99.